The molecule has 0 bridgehead atoms. The summed E-state index contributed by atoms with van der Waals surface area (Å²) in [5, 5.41) is -5.68. The van der Waals surface area contributed by atoms with Gasteiger partial charge in [0.1, 0.15) is 18.6 Å². The predicted octanol–water partition coefficient (Wildman–Crippen LogP) is 4.57. The van der Waals surface area contributed by atoms with Gasteiger partial charge in [-0.15, -0.1) is 0 Å². The van der Waals surface area contributed by atoms with Gasteiger partial charge in [0, 0.05) is 23.0 Å². The smallest absolute Gasteiger partial charge is 0.432 e. The van der Waals surface area contributed by atoms with Crippen LogP contribution < -0.4 is 4.74 Å². The molecule has 0 spiro atoms. The molecule has 32 heavy (non-hydrogen) atoms. The lowest BCUT2D eigenvalue weighted by Crippen LogP contribution is -2.53. The number of rotatable bonds is 7. The fraction of sp³-hybridized carbons (Fsp3) is 0.350. The van der Waals surface area contributed by atoms with Gasteiger partial charge in [0.15, 0.2) is 4.90 Å². The number of ether oxygens (including phenoxy) is 1. The molecule has 5 nitrogen and oxygen atoms in total. The van der Waals surface area contributed by atoms with Crippen molar-refractivity contribution in [2.45, 2.75) is 34.6 Å². The van der Waals surface area contributed by atoms with E-state index < -0.39 is 44.3 Å². The topological polar surface area (TPSA) is 66.6 Å². The Balaban J connectivity index is 1.97. The van der Waals surface area contributed by atoms with Gasteiger partial charge in [0.2, 0.25) is 17.2 Å². The van der Waals surface area contributed by atoms with Crippen molar-refractivity contribution in [3.8, 4) is 5.75 Å². The first-order valence-electron chi connectivity index (χ1n) is 9.32. The summed E-state index contributed by atoms with van der Waals surface area (Å²) in [5.41, 5.74) is 2.01. The Hall–Kier alpha value is -2.18. The third kappa shape index (κ3) is 4.62. The normalized spacial score (nSPS) is 18.6. The minimum atomic E-state index is -6.38. The van der Waals surface area contributed by atoms with Gasteiger partial charge in [0.25, 0.3) is 6.10 Å². The van der Waals surface area contributed by atoms with E-state index in [1.807, 2.05) is 49.0 Å². The molecule has 3 rings (SSSR count). The second-order valence-electron chi connectivity index (χ2n) is 7.01. The lowest BCUT2D eigenvalue weighted by atomic mass is 10.1. The molecule has 0 radical (unpaired) electrons. The summed E-state index contributed by atoms with van der Waals surface area (Å²) in [7, 11) is -5.05. The lowest BCUT2D eigenvalue weighted by molar-refractivity contribution is -0.396. The van der Waals surface area contributed by atoms with Crippen LogP contribution in [-0.2, 0) is 21.0 Å². The zero-order chi connectivity index (χ0) is 23.9. The highest BCUT2D eigenvalue weighted by molar-refractivity contribution is 7.97. The van der Waals surface area contributed by atoms with Crippen molar-refractivity contribution in [3.05, 3.63) is 54.1 Å². The van der Waals surface area contributed by atoms with Gasteiger partial charge in [0.05, 0.1) is 5.56 Å². The van der Waals surface area contributed by atoms with Gasteiger partial charge in [-0.25, -0.2) is 0 Å². The van der Waals surface area contributed by atoms with Crippen molar-refractivity contribution < 1.29 is 44.2 Å². The van der Waals surface area contributed by atoms with Crippen LogP contribution in [-0.4, -0.2) is 54.1 Å². The van der Waals surface area contributed by atoms with E-state index in [4.69, 9.17) is 4.55 Å². The van der Waals surface area contributed by atoms with Crippen LogP contribution in [0, 0.1) is 0 Å². The van der Waals surface area contributed by atoms with Gasteiger partial charge in [-0.05, 0) is 25.1 Å². The SMILES string of the molecule is CC[S+](c1cccc(OC(C(F)(F)F)C(F)(F)S(=O)(=O)O)c1)C1C=[N+](C)c2ccccc21. The largest absolute Gasteiger partial charge is 0.473 e. The third-order valence-corrected chi connectivity index (χ3v) is 8.28. The fourth-order valence-corrected chi connectivity index (χ4v) is 6.23. The average molecular weight is 498 g/mol. The molecule has 2 aromatic rings. The summed E-state index contributed by atoms with van der Waals surface area (Å²) in [6.07, 6.45) is -7.85. The maximum Gasteiger partial charge on any atom is 0.432 e. The molecule has 1 aliphatic rings. The number of alkyl halides is 5. The maximum absolute atomic E-state index is 13.9. The Bertz CT molecular complexity index is 1130. The lowest BCUT2D eigenvalue weighted by Gasteiger charge is -2.27. The molecular formula is C20H20F5NO4S2+2. The monoisotopic (exact) mass is 497 g/mol. The molecule has 0 amide bonds. The van der Waals surface area contributed by atoms with Crippen LogP contribution in [0.2, 0.25) is 0 Å². The number of nitrogens with zero attached hydrogens (tertiary/aromatic N) is 1. The Morgan fingerprint density at radius 1 is 1.12 bits per heavy atom. The summed E-state index contributed by atoms with van der Waals surface area (Å²) < 4.78 is 104. The summed E-state index contributed by atoms with van der Waals surface area (Å²) >= 11 is 0. The van der Waals surface area contributed by atoms with E-state index in [1.165, 1.54) is 12.1 Å². The molecule has 3 atom stereocenters. The van der Waals surface area contributed by atoms with Crippen LogP contribution in [0.1, 0.15) is 17.7 Å². The molecule has 0 saturated heterocycles. The highest BCUT2D eigenvalue weighted by atomic mass is 32.2. The standard InChI is InChI=1S/C20H19F5NO4S2/c1-3-31(17-12-26(2)16-10-5-4-9-15(16)17)14-8-6-7-13(11-14)30-18(19(21,22)23)20(24,25)32(27,28)29/h4-12,17-18H,3H2,1-2H3/q+1/p+1. The molecule has 0 aromatic heterocycles. The van der Waals surface area contributed by atoms with E-state index in [1.54, 1.807) is 6.07 Å². The Kier molecular flexibility index (Phi) is 6.60. The molecule has 1 aliphatic heterocycles. The summed E-state index contributed by atoms with van der Waals surface area (Å²) in [6, 6.07) is 12.9. The minimum absolute atomic E-state index is 0.0888. The summed E-state index contributed by atoms with van der Waals surface area (Å²) in [4.78, 5) is 0.562. The van der Waals surface area contributed by atoms with Crippen LogP contribution in [0.4, 0.5) is 27.6 Å². The van der Waals surface area contributed by atoms with Crippen LogP contribution >= 0.6 is 0 Å². The van der Waals surface area contributed by atoms with Gasteiger partial charge >= 0.3 is 21.5 Å². The minimum Gasteiger partial charge on any atom is -0.473 e. The Labute approximate surface area is 184 Å². The van der Waals surface area contributed by atoms with Crippen molar-refractivity contribution in [1.29, 1.82) is 0 Å². The second-order valence-corrected chi connectivity index (χ2v) is 10.9. The van der Waals surface area contributed by atoms with E-state index in [2.05, 4.69) is 4.74 Å². The molecule has 0 saturated carbocycles. The van der Waals surface area contributed by atoms with Crippen molar-refractivity contribution in [2.24, 2.45) is 0 Å². The van der Waals surface area contributed by atoms with Gasteiger partial charge < -0.3 is 4.74 Å². The first-order valence-corrected chi connectivity index (χ1v) is 12.2. The molecule has 1 N–H and O–H groups in total. The molecule has 0 aliphatic carbocycles. The van der Waals surface area contributed by atoms with E-state index in [0.717, 1.165) is 17.3 Å². The van der Waals surface area contributed by atoms with Gasteiger partial charge in [-0.2, -0.15) is 34.9 Å². The van der Waals surface area contributed by atoms with Gasteiger partial charge in [-0.1, -0.05) is 18.2 Å². The van der Waals surface area contributed by atoms with Crippen LogP contribution in [0.3, 0.4) is 0 Å². The molecule has 1 heterocycles. The quantitative estimate of drug-likeness (QED) is 0.263. The molecular weight excluding hydrogens is 477 g/mol. The van der Waals surface area contributed by atoms with E-state index in [9.17, 15) is 30.4 Å². The highest BCUT2D eigenvalue weighted by Gasteiger charge is 2.65. The van der Waals surface area contributed by atoms with Crippen LogP contribution in [0.25, 0.3) is 0 Å². The number of para-hydroxylation sites is 1. The molecule has 174 valence electrons. The van der Waals surface area contributed by atoms with Crippen molar-refractivity contribution >= 4 is 32.9 Å². The van der Waals surface area contributed by atoms with Crippen molar-refractivity contribution in [1.82, 2.24) is 0 Å². The predicted molar refractivity (Wildman–Crippen MR) is 111 cm³/mol. The number of hydrogen-bond acceptors (Lipinski definition) is 3. The maximum atomic E-state index is 13.9. The van der Waals surface area contributed by atoms with Crippen LogP contribution in [0.5, 0.6) is 5.75 Å². The second kappa shape index (κ2) is 8.64. The number of hydrogen-bond donors (Lipinski definition) is 1. The number of benzene rings is 2. The molecule has 2 aromatic carbocycles. The van der Waals surface area contributed by atoms with E-state index in [0.29, 0.717) is 10.6 Å². The zero-order valence-corrected chi connectivity index (χ0v) is 18.5. The van der Waals surface area contributed by atoms with Crippen LogP contribution in [0.15, 0.2) is 53.4 Å². The van der Waals surface area contributed by atoms with Gasteiger partial charge in [-0.3, -0.25) is 4.55 Å². The molecule has 12 heteroatoms. The fourth-order valence-electron chi connectivity index (χ4n) is 3.44. The number of fused-ring (bicyclic) bond motifs is 1. The van der Waals surface area contributed by atoms with Crippen molar-refractivity contribution in [2.75, 3.05) is 12.8 Å². The highest BCUT2D eigenvalue weighted by Crippen LogP contribution is 2.41. The third-order valence-electron chi connectivity index (χ3n) is 4.91. The van der Waals surface area contributed by atoms with E-state index >= 15 is 0 Å². The average Bonchev–Trinajstić information content (AvgIpc) is 3.02. The summed E-state index contributed by atoms with van der Waals surface area (Å²) in [6.45, 7) is 1.90. The molecule has 3 unspecified atom stereocenters. The first kappa shape index (κ1) is 24.5. The summed E-state index contributed by atoms with van der Waals surface area (Å²) in [5.74, 6) is 0.0233. The zero-order valence-electron chi connectivity index (χ0n) is 16.9. The number of halogens is 5. The Morgan fingerprint density at radius 3 is 2.38 bits per heavy atom. The Morgan fingerprint density at radius 2 is 1.78 bits per heavy atom. The van der Waals surface area contributed by atoms with Crippen molar-refractivity contribution in [3.63, 3.8) is 0 Å². The first-order chi connectivity index (χ1) is 14.8. The van der Waals surface area contributed by atoms with E-state index in [-0.39, 0.29) is 5.25 Å². The molecule has 0 fully saturated rings.